The molecule has 3 rings (SSSR count). The first kappa shape index (κ1) is 17.3. The number of aromatic nitrogens is 1. The Morgan fingerprint density at radius 3 is 2.36 bits per heavy atom. The molecule has 3 aromatic rings. The summed E-state index contributed by atoms with van der Waals surface area (Å²) in [7, 11) is 1.64. The van der Waals surface area contributed by atoms with Crippen molar-refractivity contribution in [2.75, 3.05) is 7.05 Å². The van der Waals surface area contributed by atoms with E-state index in [2.05, 4.69) is 0 Å². The Labute approximate surface area is 146 Å². The summed E-state index contributed by atoms with van der Waals surface area (Å²) in [6.07, 6.45) is -0.647. The van der Waals surface area contributed by atoms with Crippen LogP contribution in [0.5, 0.6) is 0 Å². The zero-order valence-corrected chi connectivity index (χ0v) is 14.1. The number of amides is 1. The second kappa shape index (κ2) is 6.76. The highest BCUT2D eigenvalue weighted by Gasteiger charge is 2.30. The Hall–Kier alpha value is -2.54. The van der Waals surface area contributed by atoms with Gasteiger partial charge < -0.3 is 9.47 Å². The molecule has 0 saturated carbocycles. The smallest absolute Gasteiger partial charge is 0.337 e. The average Bonchev–Trinajstić information content (AvgIpc) is 3.24. The van der Waals surface area contributed by atoms with Gasteiger partial charge in [0.05, 0.1) is 11.3 Å². The highest BCUT2D eigenvalue weighted by atomic mass is 32.1. The van der Waals surface area contributed by atoms with Crippen molar-refractivity contribution >= 4 is 17.2 Å². The first-order chi connectivity index (χ1) is 11.9. The number of hydrogen-bond acceptors (Lipinski definition) is 2. The van der Waals surface area contributed by atoms with Crippen LogP contribution in [0.25, 0.3) is 5.69 Å². The fourth-order valence-corrected chi connectivity index (χ4v) is 3.36. The van der Waals surface area contributed by atoms with Gasteiger partial charge in [0.15, 0.2) is 0 Å². The summed E-state index contributed by atoms with van der Waals surface area (Å²) in [5.74, 6) is -0.168. The zero-order chi connectivity index (χ0) is 18.0. The minimum Gasteiger partial charge on any atom is -0.337 e. The fraction of sp³-hybridized carbons (Fsp3) is 0.167. The third kappa shape index (κ3) is 3.76. The quantitative estimate of drug-likeness (QED) is 0.651. The van der Waals surface area contributed by atoms with Crippen molar-refractivity contribution in [3.05, 3.63) is 76.2 Å². The summed E-state index contributed by atoms with van der Waals surface area (Å²) in [5.41, 5.74) is 0.737. The molecule has 1 amide bonds. The lowest BCUT2D eigenvalue weighted by atomic mass is 10.1. The number of nitrogens with zero attached hydrogens (tertiary/aromatic N) is 2. The SMILES string of the molecule is CN(Cc1ccc(C(F)(F)F)cc1)C(=O)c1sccc1-n1cccc1. The Kier molecular flexibility index (Phi) is 4.67. The standard InChI is InChI=1S/C18H15F3N2OS/c1-22(12-13-4-6-14(7-5-13)18(19,20)21)17(24)16-15(8-11-25-16)23-9-2-3-10-23/h2-11H,12H2,1H3. The van der Waals surface area contributed by atoms with Crippen molar-refractivity contribution in [3.63, 3.8) is 0 Å². The van der Waals surface area contributed by atoms with Gasteiger partial charge in [-0.1, -0.05) is 12.1 Å². The molecule has 0 aliphatic heterocycles. The van der Waals surface area contributed by atoms with E-state index in [0.717, 1.165) is 17.8 Å². The number of carbonyl (C=O) groups is 1. The van der Waals surface area contributed by atoms with E-state index >= 15 is 0 Å². The summed E-state index contributed by atoms with van der Waals surface area (Å²) in [4.78, 5) is 14.8. The topological polar surface area (TPSA) is 25.2 Å². The summed E-state index contributed by atoms with van der Waals surface area (Å²) in [6, 6.07) is 10.5. The molecule has 0 bridgehead atoms. The molecule has 0 radical (unpaired) electrons. The number of rotatable bonds is 4. The molecule has 0 unspecified atom stereocenters. The second-order valence-electron chi connectivity index (χ2n) is 5.58. The van der Waals surface area contributed by atoms with E-state index in [1.165, 1.54) is 28.4 Å². The van der Waals surface area contributed by atoms with Crippen molar-refractivity contribution in [2.45, 2.75) is 12.7 Å². The van der Waals surface area contributed by atoms with Gasteiger partial charge in [-0.2, -0.15) is 13.2 Å². The van der Waals surface area contributed by atoms with E-state index in [1.807, 2.05) is 40.5 Å². The van der Waals surface area contributed by atoms with E-state index in [1.54, 1.807) is 7.05 Å². The third-order valence-electron chi connectivity index (χ3n) is 3.77. The summed E-state index contributed by atoms with van der Waals surface area (Å²) in [5, 5.41) is 1.84. The van der Waals surface area contributed by atoms with E-state index < -0.39 is 11.7 Å². The molecule has 0 spiro atoms. The van der Waals surface area contributed by atoms with Crippen LogP contribution in [0.1, 0.15) is 20.8 Å². The van der Waals surface area contributed by atoms with Crippen molar-refractivity contribution in [3.8, 4) is 5.69 Å². The highest BCUT2D eigenvalue weighted by Crippen LogP contribution is 2.29. The molecule has 0 N–H and O–H groups in total. The highest BCUT2D eigenvalue weighted by molar-refractivity contribution is 7.12. The second-order valence-corrected chi connectivity index (χ2v) is 6.50. The predicted octanol–water partition coefficient (Wildman–Crippen LogP) is 4.83. The van der Waals surface area contributed by atoms with Crippen LogP contribution in [-0.2, 0) is 12.7 Å². The minimum absolute atomic E-state index is 0.168. The van der Waals surface area contributed by atoms with Gasteiger partial charge in [-0.15, -0.1) is 11.3 Å². The summed E-state index contributed by atoms with van der Waals surface area (Å²) < 4.78 is 39.7. The molecule has 0 atom stereocenters. The molecular formula is C18H15F3N2OS. The van der Waals surface area contributed by atoms with E-state index in [4.69, 9.17) is 0 Å². The van der Waals surface area contributed by atoms with Crippen LogP contribution in [0.2, 0.25) is 0 Å². The van der Waals surface area contributed by atoms with Gasteiger partial charge >= 0.3 is 6.18 Å². The lowest BCUT2D eigenvalue weighted by Gasteiger charge is -2.18. The van der Waals surface area contributed by atoms with Crippen molar-refractivity contribution in [1.29, 1.82) is 0 Å². The number of halogens is 3. The van der Waals surface area contributed by atoms with Gasteiger partial charge in [0.25, 0.3) is 5.91 Å². The normalized spacial score (nSPS) is 11.5. The molecule has 0 fully saturated rings. The zero-order valence-electron chi connectivity index (χ0n) is 13.3. The van der Waals surface area contributed by atoms with E-state index in [9.17, 15) is 18.0 Å². The van der Waals surface area contributed by atoms with Crippen molar-refractivity contribution in [2.24, 2.45) is 0 Å². The molecule has 25 heavy (non-hydrogen) atoms. The molecule has 3 nitrogen and oxygen atoms in total. The van der Waals surface area contributed by atoms with Crippen LogP contribution in [-0.4, -0.2) is 22.4 Å². The number of benzene rings is 1. The Morgan fingerprint density at radius 2 is 1.76 bits per heavy atom. The first-order valence-electron chi connectivity index (χ1n) is 7.48. The number of carbonyl (C=O) groups excluding carboxylic acids is 1. The van der Waals surface area contributed by atoms with Crippen LogP contribution < -0.4 is 0 Å². The predicted molar refractivity (Wildman–Crippen MR) is 90.9 cm³/mol. The maximum atomic E-state index is 12.7. The Morgan fingerprint density at radius 1 is 1.12 bits per heavy atom. The van der Waals surface area contributed by atoms with Crippen LogP contribution >= 0.6 is 11.3 Å². The molecule has 130 valence electrons. The molecule has 0 aliphatic rings. The first-order valence-corrected chi connectivity index (χ1v) is 8.36. The monoisotopic (exact) mass is 364 g/mol. The number of hydrogen-bond donors (Lipinski definition) is 0. The number of alkyl halides is 3. The van der Waals surface area contributed by atoms with Gasteiger partial charge in [-0.05, 0) is 41.3 Å². The molecule has 7 heteroatoms. The molecule has 2 aromatic heterocycles. The largest absolute Gasteiger partial charge is 0.416 e. The minimum atomic E-state index is -4.36. The van der Waals surface area contributed by atoms with Crippen LogP contribution in [0.3, 0.4) is 0 Å². The van der Waals surface area contributed by atoms with E-state index in [0.29, 0.717) is 10.4 Å². The molecule has 1 aromatic carbocycles. The van der Waals surface area contributed by atoms with Crippen molar-refractivity contribution < 1.29 is 18.0 Å². The Bertz CT molecular complexity index is 851. The van der Waals surface area contributed by atoms with Crippen LogP contribution in [0.4, 0.5) is 13.2 Å². The fourth-order valence-electron chi connectivity index (χ4n) is 2.48. The molecule has 0 saturated heterocycles. The van der Waals surface area contributed by atoms with Gasteiger partial charge in [0.1, 0.15) is 4.88 Å². The van der Waals surface area contributed by atoms with Crippen LogP contribution in [0, 0.1) is 0 Å². The maximum Gasteiger partial charge on any atom is 0.416 e. The van der Waals surface area contributed by atoms with Gasteiger partial charge in [0, 0.05) is 26.0 Å². The molecular weight excluding hydrogens is 349 g/mol. The Balaban J connectivity index is 1.75. The van der Waals surface area contributed by atoms with Crippen LogP contribution in [0.15, 0.2) is 60.2 Å². The lowest BCUT2D eigenvalue weighted by molar-refractivity contribution is -0.137. The lowest BCUT2D eigenvalue weighted by Crippen LogP contribution is -2.26. The summed E-state index contributed by atoms with van der Waals surface area (Å²) in [6.45, 7) is 0.236. The van der Waals surface area contributed by atoms with Crippen molar-refractivity contribution in [1.82, 2.24) is 9.47 Å². The summed E-state index contributed by atoms with van der Waals surface area (Å²) >= 11 is 1.34. The third-order valence-corrected chi connectivity index (χ3v) is 4.66. The average molecular weight is 364 g/mol. The van der Waals surface area contributed by atoms with Gasteiger partial charge in [-0.25, -0.2) is 0 Å². The van der Waals surface area contributed by atoms with Gasteiger partial charge in [-0.3, -0.25) is 4.79 Å². The van der Waals surface area contributed by atoms with E-state index in [-0.39, 0.29) is 12.5 Å². The maximum absolute atomic E-state index is 12.7. The number of thiophene rings is 1. The molecule has 0 aliphatic carbocycles. The molecule has 2 heterocycles. The van der Waals surface area contributed by atoms with Gasteiger partial charge in [0.2, 0.25) is 0 Å².